The molecule has 12 heavy (non-hydrogen) atoms. The van der Waals surface area contributed by atoms with Crippen molar-refractivity contribution < 1.29 is 19.0 Å². The highest BCUT2D eigenvalue weighted by Crippen LogP contribution is 1.98. The van der Waals surface area contributed by atoms with Crippen LogP contribution in [0.1, 0.15) is 6.92 Å². The lowest BCUT2D eigenvalue weighted by molar-refractivity contribution is -0.00377. The first-order chi connectivity index (χ1) is 5.57. The van der Waals surface area contributed by atoms with Crippen LogP contribution in [0.4, 0.5) is 8.78 Å². The number of hydrogen-bond acceptors (Lipinski definition) is 3. The van der Waals surface area contributed by atoms with Crippen molar-refractivity contribution in [1.82, 2.24) is 5.32 Å². The maximum Gasteiger partial charge on any atom is 0.265 e. The van der Waals surface area contributed by atoms with Crippen molar-refractivity contribution in [3.8, 4) is 0 Å². The van der Waals surface area contributed by atoms with Crippen molar-refractivity contribution in [2.45, 2.75) is 19.5 Å². The van der Waals surface area contributed by atoms with E-state index in [0.717, 1.165) is 0 Å². The number of aliphatic hydroxyl groups is 2. The highest BCUT2D eigenvalue weighted by Gasteiger charge is 2.15. The second-order valence-corrected chi connectivity index (χ2v) is 2.85. The number of aliphatic hydroxyl groups excluding tert-OH is 2. The van der Waals surface area contributed by atoms with Gasteiger partial charge in [0.15, 0.2) is 0 Å². The Morgan fingerprint density at radius 1 is 1.33 bits per heavy atom. The van der Waals surface area contributed by atoms with Gasteiger partial charge in [0.05, 0.1) is 0 Å². The molecule has 0 fully saturated rings. The maximum atomic E-state index is 11.7. The Labute approximate surface area is 70.4 Å². The van der Waals surface area contributed by atoms with Crippen LogP contribution in [0.2, 0.25) is 0 Å². The van der Waals surface area contributed by atoms with E-state index < -0.39 is 12.5 Å². The van der Waals surface area contributed by atoms with E-state index in [9.17, 15) is 8.78 Å². The van der Waals surface area contributed by atoms with E-state index in [1.54, 1.807) is 6.92 Å². The fourth-order valence-corrected chi connectivity index (χ4v) is 0.631. The summed E-state index contributed by atoms with van der Waals surface area (Å²) in [6.45, 7) is 2.09. The van der Waals surface area contributed by atoms with Gasteiger partial charge in [-0.05, 0) is 12.5 Å². The second-order valence-electron chi connectivity index (χ2n) is 2.85. The summed E-state index contributed by atoms with van der Waals surface area (Å²) in [5, 5.41) is 19.8. The lowest BCUT2D eigenvalue weighted by Crippen LogP contribution is -2.34. The molecule has 0 radical (unpaired) electrons. The average Bonchev–Trinajstić information content (AvgIpc) is 2.03. The number of rotatable bonds is 6. The summed E-state index contributed by atoms with van der Waals surface area (Å²) in [6.07, 6.45) is -4.32. The van der Waals surface area contributed by atoms with E-state index >= 15 is 0 Å². The van der Waals surface area contributed by atoms with Crippen LogP contribution in [-0.4, -0.2) is 42.4 Å². The van der Waals surface area contributed by atoms with Gasteiger partial charge < -0.3 is 15.5 Å². The van der Waals surface area contributed by atoms with Crippen LogP contribution < -0.4 is 5.32 Å². The minimum atomic E-state index is -2.71. The van der Waals surface area contributed by atoms with Crippen molar-refractivity contribution in [2.75, 3.05) is 19.7 Å². The molecule has 0 amide bonds. The largest absolute Gasteiger partial charge is 0.396 e. The van der Waals surface area contributed by atoms with Crippen LogP contribution in [0, 0.1) is 5.92 Å². The molecule has 0 aromatic rings. The van der Waals surface area contributed by atoms with Crippen molar-refractivity contribution >= 4 is 0 Å². The molecule has 0 heterocycles. The van der Waals surface area contributed by atoms with Crippen molar-refractivity contribution in [3.05, 3.63) is 0 Å². The molecule has 5 heteroatoms. The lowest BCUT2D eigenvalue weighted by Gasteiger charge is -2.12. The predicted octanol–water partition coefficient (Wildman–Crippen LogP) is -0.170. The Hall–Kier alpha value is -0.260. The zero-order valence-corrected chi connectivity index (χ0v) is 7.00. The van der Waals surface area contributed by atoms with Gasteiger partial charge in [-0.25, -0.2) is 8.78 Å². The Morgan fingerprint density at radius 2 is 1.92 bits per heavy atom. The van der Waals surface area contributed by atoms with Crippen LogP contribution in [0.5, 0.6) is 0 Å². The molecule has 0 aliphatic rings. The van der Waals surface area contributed by atoms with Gasteiger partial charge >= 0.3 is 0 Å². The minimum Gasteiger partial charge on any atom is -0.396 e. The van der Waals surface area contributed by atoms with Crippen LogP contribution in [0.25, 0.3) is 0 Å². The summed E-state index contributed by atoms with van der Waals surface area (Å²) < 4.78 is 23.4. The highest BCUT2D eigenvalue weighted by molar-refractivity contribution is 4.63. The molecular formula is C7H15F2NO2. The molecule has 0 aromatic heterocycles. The Morgan fingerprint density at radius 3 is 2.33 bits per heavy atom. The predicted molar refractivity (Wildman–Crippen MR) is 41.1 cm³/mol. The zero-order chi connectivity index (χ0) is 9.56. The Kier molecular flexibility index (Phi) is 6.14. The Bertz CT molecular complexity index is 114. The van der Waals surface area contributed by atoms with E-state index in [1.807, 2.05) is 0 Å². The van der Waals surface area contributed by atoms with E-state index in [-0.39, 0.29) is 19.1 Å². The van der Waals surface area contributed by atoms with Crippen LogP contribution >= 0.6 is 0 Å². The number of halogens is 2. The SMILES string of the molecule is CC(CO)CNCC(O)C(F)F. The second kappa shape index (κ2) is 6.28. The molecule has 0 bridgehead atoms. The fraction of sp³-hybridized carbons (Fsp3) is 1.00. The molecule has 0 saturated carbocycles. The van der Waals surface area contributed by atoms with Gasteiger partial charge in [-0.3, -0.25) is 0 Å². The maximum absolute atomic E-state index is 11.7. The highest BCUT2D eigenvalue weighted by atomic mass is 19.3. The Balaban J connectivity index is 3.30. The van der Waals surface area contributed by atoms with Crippen LogP contribution in [-0.2, 0) is 0 Å². The minimum absolute atomic E-state index is 0.0117. The van der Waals surface area contributed by atoms with E-state index in [2.05, 4.69) is 5.32 Å². The molecule has 0 spiro atoms. The van der Waals surface area contributed by atoms with Gasteiger partial charge in [-0.15, -0.1) is 0 Å². The molecule has 0 aliphatic carbocycles. The standard InChI is InChI=1S/C7H15F2NO2/c1-5(4-11)2-10-3-6(12)7(8)9/h5-7,10-12H,2-4H2,1H3. The topological polar surface area (TPSA) is 52.5 Å². The first-order valence-electron chi connectivity index (χ1n) is 3.85. The molecule has 0 rings (SSSR count). The quantitative estimate of drug-likeness (QED) is 0.536. The molecule has 74 valence electrons. The summed E-state index contributed by atoms with van der Waals surface area (Å²) in [6, 6.07) is 0. The molecule has 0 saturated heterocycles. The van der Waals surface area contributed by atoms with Gasteiger partial charge in [-0.1, -0.05) is 6.92 Å². The lowest BCUT2D eigenvalue weighted by atomic mass is 10.2. The van der Waals surface area contributed by atoms with Crippen LogP contribution in [0.3, 0.4) is 0 Å². The van der Waals surface area contributed by atoms with E-state index in [1.165, 1.54) is 0 Å². The molecule has 2 unspecified atom stereocenters. The monoisotopic (exact) mass is 183 g/mol. The fourth-order valence-electron chi connectivity index (χ4n) is 0.631. The number of hydrogen-bond donors (Lipinski definition) is 3. The molecule has 0 aliphatic heterocycles. The zero-order valence-electron chi connectivity index (χ0n) is 7.00. The van der Waals surface area contributed by atoms with E-state index in [4.69, 9.17) is 10.2 Å². The summed E-state index contributed by atoms with van der Waals surface area (Å²) >= 11 is 0. The van der Waals surface area contributed by atoms with E-state index in [0.29, 0.717) is 6.54 Å². The summed E-state index contributed by atoms with van der Waals surface area (Å²) in [4.78, 5) is 0. The van der Waals surface area contributed by atoms with Crippen molar-refractivity contribution in [3.63, 3.8) is 0 Å². The van der Waals surface area contributed by atoms with Gasteiger partial charge in [0.1, 0.15) is 6.10 Å². The van der Waals surface area contributed by atoms with Gasteiger partial charge in [0.25, 0.3) is 6.43 Å². The normalized spacial score (nSPS) is 16.5. The van der Waals surface area contributed by atoms with Gasteiger partial charge in [-0.2, -0.15) is 0 Å². The molecular weight excluding hydrogens is 168 g/mol. The smallest absolute Gasteiger partial charge is 0.265 e. The third-order valence-electron chi connectivity index (χ3n) is 1.45. The first kappa shape index (κ1) is 11.7. The van der Waals surface area contributed by atoms with Gasteiger partial charge in [0.2, 0.25) is 0 Å². The molecule has 3 N–H and O–H groups in total. The van der Waals surface area contributed by atoms with Crippen LogP contribution in [0.15, 0.2) is 0 Å². The summed E-state index contributed by atoms with van der Waals surface area (Å²) in [5.74, 6) is 0.0230. The number of alkyl halides is 2. The van der Waals surface area contributed by atoms with Crippen molar-refractivity contribution in [2.24, 2.45) is 5.92 Å². The third kappa shape index (κ3) is 5.40. The average molecular weight is 183 g/mol. The summed E-state index contributed by atoms with van der Waals surface area (Å²) in [7, 11) is 0. The van der Waals surface area contributed by atoms with Crippen molar-refractivity contribution in [1.29, 1.82) is 0 Å². The van der Waals surface area contributed by atoms with Gasteiger partial charge in [0, 0.05) is 13.2 Å². The molecule has 0 aromatic carbocycles. The molecule has 2 atom stereocenters. The third-order valence-corrected chi connectivity index (χ3v) is 1.45. The summed E-state index contributed by atoms with van der Waals surface area (Å²) in [5.41, 5.74) is 0. The number of nitrogens with one attached hydrogen (secondary N) is 1. The molecule has 3 nitrogen and oxygen atoms in total. The first-order valence-corrected chi connectivity index (χ1v) is 3.85.